The summed E-state index contributed by atoms with van der Waals surface area (Å²) in [5.41, 5.74) is 2.03. The van der Waals surface area contributed by atoms with Crippen molar-refractivity contribution in [3.63, 3.8) is 0 Å². The summed E-state index contributed by atoms with van der Waals surface area (Å²) in [5, 5.41) is 6.52. The van der Waals surface area contributed by atoms with Crippen molar-refractivity contribution >= 4 is 11.3 Å². The highest BCUT2D eigenvalue weighted by Crippen LogP contribution is 2.18. The summed E-state index contributed by atoms with van der Waals surface area (Å²) in [6.45, 7) is 8.62. The lowest BCUT2D eigenvalue weighted by atomic mass is 10.3. The first kappa shape index (κ1) is 12.3. The van der Waals surface area contributed by atoms with Gasteiger partial charge in [-0.25, -0.2) is 9.97 Å². The highest BCUT2D eigenvalue weighted by Gasteiger charge is 2.11. The van der Waals surface area contributed by atoms with E-state index in [2.05, 4.69) is 27.6 Å². The van der Waals surface area contributed by atoms with Gasteiger partial charge in [0.05, 0.1) is 18.3 Å². The van der Waals surface area contributed by atoms with Crippen molar-refractivity contribution < 1.29 is 4.42 Å². The Morgan fingerprint density at radius 1 is 1.35 bits per heavy atom. The first-order valence-corrected chi connectivity index (χ1v) is 6.52. The van der Waals surface area contributed by atoms with Crippen LogP contribution in [-0.2, 0) is 6.54 Å². The second-order valence-electron chi connectivity index (χ2n) is 4.18. The van der Waals surface area contributed by atoms with Gasteiger partial charge in [0.1, 0.15) is 10.8 Å². The predicted octanol–water partition coefficient (Wildman–Crippen LogP) is 2.91. The summed E-state index contributed by atoms with van der Waals surface area (Å²) < 4.78 is 5.52. The Morgan fingerprint density at radius 3 is 2.65 bits per heavy atom. The van der Waals surface area contributed by atoms with E-state index in [0.29, 0.717) is 6.54 Å². The summed E-state index contributed by atoms with van der Waals surface area (Å²) in [7, 11) is 0. The molecule has 1 atom stereocenters. The minimum atomic E-state index is 0.223. The van der Waals surface area contributed by atoms with Crippen LogP contribution in [0.4, 0.5) is 0 Å². The Hall–Kier alpha value is -1.20. The third kappa shape index (κ3) is 2.92. The highest BCUT2D eigenvalue weighted by molar-refractivity contribution is 7.09. The summed E-state index contributed by atoms with van der Waals surface area (Å²) in [6.07, 6.45) is 0. The Labute approximate surface area is 105 Å². The molecule has 0 spiro atoms. The van der Waals surface area contributed by atoms with Crippen LogP contribution in [0.2, 0.25) is 0 Å². The number of oxazole rings is 1. The maximum absolute atomic E-state index is 5.52. The first-order chi connectivity index (χ1) is 8.06. The molecule has 2 heterocycles. The fraction of sp³-hybridized carbons (Fsp3) is 0.500. The van der Waals surface area contributed by atoms with Crippen LogP contribution in [0.15, 0.2) is 9.80 Å². The molecule has 0 aromatic carbocycles. The lowest BCUT2D eigenvalue weighted by Gasteiger charge is -2.08. The number of aromatic nitrogens is 2. The average molecular weight is 251 g/mol. The molecule has 1 N–H and O–H groups in total. The molecule has 1 unspecified atom stereocenters. The molecule has 2 aromatic heterocycles. The molecule has 0 aliphatic rings. The zero-order chi connectivity index (χ0) is 12.4. The van der Waals surface area contributed by atoms with Crippen molar-refractivity contribution in [3.05, 3.63) is 33.4 Å². The molecule has 0 aliphatic heterocycles. The number of nitrogens with one attached hydrogen (secondary N) is 1. The molecule has 17 heavy (non-hydrogen) atoms. The molecule has 0 saturated heterocycles. The van der Waals surface area contributed by atoms with E-state index >= 15 is 0 Å². The van der Waals surface area contributed by atoms with Gasteiger partial charge in [0.2, 0.25) is 5.89 Å². The van der Waals surface area contributed by atoms with Gasteiger partial charge in [0.25, 0.3) is 0 Å². The SMILES string of the molecule is Cc1csc(C(C)NCc2nc(C)c(C)o2)n1. The summed E-state index contributed by atoms with van der Waals surface area (Å²) in [4.78, 5) is 8.79. The molecule has 92 valence electrons. The smallest absolute Gasteiger partial charge is 0.208 e. The quantitative estimate of drug-likeness (QED) is 0.907. The van der Waals surface area contributed by atoms with E-state index in [1.165, 1.54) is 0 Å². The number of nitrogens with zero attached hydrogens (tertiary/aromatic N) is 2. The maximum Gasteiger partial charge on any atom is 0.208 e. The minimum Gasteiger partial charge on any atom is -0.444 e. The molecule has 0 amide bonds. The van der Waals surface area contributed by atoms with Gasteiger partial charge in [-0.05, 0) is 27.7 Å². The zero-order valence-corrected chi connectivity index (χ0v) is 11.4. The standard InChI is InChI=1S/C12H17N3OS/c1-7-6-17-12(14-7)9(3)13-5-11-15-8(2)10(4)16-11/h6,9,13H,5H2,1-4H3. The van der Waals surface area contributed by atoms with E-state index in [1.54, 1.807) is 11.3 Å². The zero-order valence-electron chi connectivity index (χ0n) is 10.6. The molecular weight excluding hydrogens is 234 g/mol. The fourth-order valence-electron chi connectivity index (χ4n) is 1.51. The van der Waals surface area contributed by atoms with Crippen molar-refractivity contribution in [2.75, 3.05) is 0 Å². The van der Waals surface area contributed by atoms with E-state index in [-0.39, 0.29) is 6.04 Å². The van der Waals surface area contributed by atoms with E-state index in [4.69, 9.17) is 4.42 Å². The van der Waals surface area contributed by atoms with Gasteiger partial charge in [0.15, 0.2) is 0 Å². The number of thiazole rings is 1. The van der Waals surface area contributed by atoms with E-state index in [9.17, 15) is 0 Å². The van der Waals surface area contributed by atoms with Gasteiger partial charge in [-0.2, -0.15) is 0 Å². The minimum absolute atomic E-state index is 0.223. The predicted molar refractivity (Wildman–Crippen MR) is 68.1 cm³/mol. The van der Waals surface area contributed by atoms with Gasteiger partial charge in [0, 0.05) is 11.1 Å². The lowest BCUT2D eigenvalue weighted by molar-refractivity contribution is 0.431. The molecule has 0 fully saturated rings. The normalized spacial score (nSPS) is 12.9. The van der Waals surface area contributed by atoms with Crippen LogP contribution in [0, 0.1) is 20.8 Å². The average Bonchev–Trinajstić information content (AvgIpc) is 2.83. The van der Waals surface area contributed by atoms with Gasteiger partial charge >= 0.3 is 0 Å². The topological polar surface area (TPSA) is 51.0 Å². The third-order valence-electron chi connectivity index (χ3n) is 2.64. The van der Waals surface area contributed by atoms with E-state index in [0.717, 1.165) is 28.0 Å². The Morgan fingerprint density at radius 2 is 2.12 bits per heavy atom. The van der Waals surface area contributed by atoms with Crippen LogP contribution in [0.1, 0.15) is 41.0 Å². The third-order valence-corrected chi connectivity index (χ3v) is 3.78. The Kier molecular flexibility index (Phi) is 3.59. The maximum atomic E-state index is 5.52. The number of hydrogen-bond acceptors (Lipinski definition) is 5. The summed E-state index contributed by atoms with van der Waals surface area (Å²) >= 11 is 1.68. The summed E-state index contributed by atoms with van der Waals surface area (Å²) in [5.74, 6) is 1.62. The van der Waals surface area contributed by atoms with Crippen molar-refractivity contribution in [2.24, 2.45) is 0 Å². The second-order valence-corrected chi connectivity index (χ2v) is 5.07. The molecule has 0 aliphatic carbocycles. The van der Waals surface area contributed by atoms with Crippen LogP contribution in [0.25, 0.3) is 0 Å². The van der Waals surface area contributed by atoms with Crippen LogP contribution in [-0.4, -0.2) is 9.97 Å². The lowest BCUT2D eigenvalue weighted by Crippen LogP contribution is -2.18. The molecule has 0 bridgehead atoms. The van der Waals surface area contributed by atoms with Gasteiger partial charge in [-0.1, -0.05) is 0 Å². The van der Waals surface area contributed by atoms with Gasteiger partial charge < -0.3 is 4.42 Å². The van der Waals surface area contributed by atoms with Crippen molar-refractivity contribution in [1.82, 2.24) is 15.3 Å². The van der Waals surface area contributed by atoms with Crippen LogP contribution in [0.5, 0.6) is 0 Å². The van der Waals surface area contributed by atoms with E-state index in [1.807, 2.05) is 20.8 Å². The highest BCUT2D eigenvalue weighted by atomic mass is 32.1. The molecule has 2 aromatic rings. The Bertz CT molecular complexity index is 484. The molecule has 0 saturated carbocycles. The van der Waals surface area contributed by atoms with Crippen molar-refractivity contribution in [1.29, 1.82) is 0 Å². The summed E-state index contributed by atoms with van der Waals surface area (Å²) in [6, 6.07) is 0.223. The van der Waals surface area contributed by atoms with Gasteiger partial charge in [-0.3, -0.25) is 5.32 Å². The van der Waals surface area contributed by atoms with Gasteiger partial charge in [-0.15, -0.1) is 11.3 Å². The number of hydrogen-bond donors (Lipinski definition) is 1. The molecular formula is C12H17N3OS. The number of aryl methyl sites for hydroxylation is 3. The largest absolute Gasteiger partial charge is 0.444 e. The van der Waals surface area contributed by atoms with Crippen molar-refractivity contribution in [2.45, 2.75) is 40.3 Å². The monoisotopic (exact) mass is 251 g/mol. The fourth-order valence-corrected chi connectivity index (χ4v) is 2.34. The van der Waals surface area contributed by atoms with Crippen molar-refractivity contribution in [3.8, 4) is 0 Å². The van der Waals surface area contributed by atoms with Crippen LogP contribution in [0.3, 0.4) is 0 Å². The molecule has 2 rings (SSSR count). The first-order valence-electron chi connectivity index (χ1n) is 5.64. The van der Waals surface area contributed by atoms with Crippen LogP contribution < -0.4 is 5.32 Å². The molecule has 0 radical (unpaired) electrons. The Balaban J connectivity index is 1.94. The second kappa shape index (κ2) is 4.98. The number of rotatable bonds is 4. The van der Waals surface area contributed by atoms with Crippen LogP contribution >= 0.6 is 11.3 Å². The van der Waals surface area contributed by atoms with E-state index < -0.39 is 0 Å². The molecule has 4 nitrogen and oxygen atoms in total. The molecule has 5 heteroatoms.